The highest BCUT2D eigenvalue weighted by atomic mass is 35.5. The van der Waals surface area contributed by atoms with E-state index < -0.39 is 12.0 Å². The van der Waals surface area contributed by atoms with E-state index in [1.165, 1.54) is 0 Å². The van der Waals surface area contributed by atoms with Crippen LogP contribution in [0.15, 0.2) is 0 Å². The summed E-state index contributed by atoms with van der Waals surface area (Å²) in [7, 11) is 0. The summed E-state index contributed by atoms with van der Waals surface area (Å²) < 4.78 is 0. The molecule has 0 spiro atoms. The molecular weight excluding hydrogens is 172 g/mol. The summed E-state index contributed by atoms with van der Waals surface area (Å²) in [6.45, 7) is 0.519. The minimum atomic E-state index is -0.999. The molecule has 5 nitrogen and oxygen atoms in total. The summed E-state index contributed by atoms with van der Waals surface area (Å²) in [5.41, 5.74) is 0. The number of piperazine rings is 1. The van der Waals surface area contributed by atoms with Crippen molar-refractivity contribution in [2.24, 2.45) is 0 Å². The molecule has 0 aromatic rings. The first kappa shape index (κ1) is 10.2. The minimum Gasteiger partial charge on any atom is -0.480 e. The Labute approximate surface area is 69.6 Å². The Kier molecular flexibility index (Phi) is 3.84. The summed E-state index contributed by atoms with van der Waals surface area (Å²) >= 11 is 0. The van der Waals surface area contributed by atoms with Gasteiger partial charge in [0, 0.05) is 6.54 Å². The van der Waals surface area contributed by atoms with Crippen LogP contribution in [0.25, 0.3) is 0 Å². The van der Waals surface area contributed by atoms with Gasteiger partial charge >= 0.3 is 5.97 Å². The molecule has 1 atom stereocenters. The van der Waals surface area contributed by atoms with Gasteiger partial charge in [0.15, 0.2) is 0 Å². The van der Waals surface area contributed by atoms with Crippen LogP contribution in [0.1, 0.15) is 0 Å². The molecule has 64 valence electrons. The summed E-state index contributed by atoms with van der Waals surface area (Å²) in [5.74, 6) is -1.26. The standard InChI is InChI=1S/C5H8N2O3.ClH/c8-4-2-6-1-3(7-4)5(9)10;/h3,6H,1-2H2,(H,7,8)(H,9,10);1H. The topological polar surface area (TPSA) is 78.4 Å². The number of carboxylic acid groups (broad SMARTS) is 1. The number of carbonyl (C=O) groups is 2. The van der Waals surface area contributed by atoms with Crippen LogP contribution in [0.4, 0.5) is 0 Å². The molecular formula is C5H9ClN2O3. The van der Waals surface area contributed by atoms with Crippen molar-refractivity contribution in [2.45, 2.75) is 6.04 Å². The first-order valence-corrected chi connectivity index (χ1v) is 2.93. The van der Waals surface area contributed by atoms with Crippen LogP contribution in [0.2, 0.25) is 0 Å². The fourth-order valence-electron chi connectivity index (χ4n) is 0.775. The van der Waals surface area contributed by atoms with Gasteiger partial charge < -0.3 is 15.7 Å². The van der Waals surface area contributed by atoms with E-state index in [9.17, 15) is 9.59 Å². The van der Waals surface area contributed by atoms with Crippen molar-refractivity contribution in [2.75, 3.05) is 13.1 Å². The van der Waals surface area contributed by atoms with Gasteiger partial charge in [-0.1, -0.05) is 0 Å². The number of carbonyl (C=O) groups excluding carboxylic acids is 1. The van der Waals surface area contributed by atoms with Crippen LogP contribution in [-0.4, -0.2) is 36.1 Å². The number of hydrogen-bond acceptors (Lipinski definition) is 3. The second-order valence-corrected chi connectivity index (χ2v) is 2.09. The van der Waals surface area contributed by atoms with Crippen LogP contribution >= 0.6 is 12.4 Å². The molecule has 0 radical (unpaired) electrons. The second kappa shape index (κ2) is 4.15. The van der Waals surface area contributed by atoms with Crippen molar-refractivity contribution in [1.29, 1.82) is 0 Å². The van der Waals surface area contributed by atoms with Gasteiger partial charge in [0.2, 0.25) is 5.91 Å². The first-order chi connectivity index (χ1) is 4.70. The molecule has 3 N–H and O–H groups in total. The smallest absolute Gasteiger partial charge is 0.327 e. The lowest BCUT2D eigenvalue weighted by Gasteiger charge is -2.19. The molecule has 1 heterocycles. The highest BCUT2D eigenvalue weighted by Gasteiger charge is 2.22. The average molecular weight is 181 g/mol. The second-order valence-electron chi connectivity index (χ2n) is 2.09. The molecule has 1 fully saturated rings. The zero-order valence-corrected chi connectivity index (χ0v) is 6.48. The summed E-state index contributed by atoms with van der Waals surface area (Å²) in [6, 6.07) is -0.763. The Bertz CT molecular complexity index is 171. The predicted octanol–water partition coefficient (Wildman–Crippen LogP) is -1.42. The van der Waals surface area contributed by atoms with E-state index in [1.807, 2.05) is 0 Å². The van der Waals surface area contributed by atoms with Crippen molar-refractivity contribution in [3.05, 3.63) is 0 Å². The summed E-state index contributed by atoms with van der Waals surface area (Å²) in [5, 5.41) is 13.4. The number of halogens is 1. The predicted molar refractivity (Wildman–Crippen MR) is 39.7 cm³/mol. The molecule has 1 amide bonds. The number of rotatable bonds is 1. The Morgan fingerprint density at radius 3 is 2.64 bits per heavy atom. The van der Waals surface area contributed by atoms with E-state index in [-0.39, 0.29) is 24.9 Å². The van der Waals surface area contributed by atoms with E-state index >= 15 is 0 Å². The van der Waals surface area contributed by atoms with Crippen molar-refractivity contribution in [1.82, 2.24) is 10.6 Å². The monoisotopic (exact) mass is 180 g/mol. The maximum absolute atomic E-state index is 10.5. The Hall–Kier alpha value is -0.810. The van der Waals surface area contributed by atoms with E-state index in [4.69, 9.17) is 5.11 Å². The van der Waals surface area contributed by atoms with Crippen molar-refractivity contribution in [3.8, 4) is 0 Å². The Balaban J connectivity index is 0.000001000. The molecule has 0 aromatic heterocycles. The quantitative estimate of drug-likeness (QED) is 0.463. The van der Waals surface area contributed by atoms with Gasteiger partial charge in [-0.3, -0.25) is 4.79 Å². The fourth-order valence-corrected chi connectivity index (χ4v) is 0.775. The average Bonchev–Trinajstić information content (AvgIpc) is 1.88. The number of carboxylic acids is 1. The molecule has 1 unspecified atom stereocenters. The van der Waals surface area contributed by atoms with Crippen LogP contribution in [-0.2, 0) is 9.59 Å². The van der Waals surface area contributed by atoms with Crippen LogP contribution in [0, 0.1) is 0 Å². The third kappa shape index (κ3) is 2.73. The third-order valence-electron chi connectivity index (χ3n) is 1.27. The largest absolute Gasteiger partial charge is 0.480 e. The van der Waals surface area contributed by atoms with Crippen molar-refractivity contribution < 1.29 is 14.7 Å². The van der Waals surface area contributed by atoms with Gasteiger partial charge in [-0.25, -0.2) is 4.79 Å². The lowest BCUT2D eigenvalue weighted by atomic mass is 10.2. The number of nitrogens with one attached hydrogen (secondary N) is 2. The molecule has 0 aliphatic carbocycles. The normalized spacial score (nSPS) is 23.3. The molecule has 1 rings (SSSR count). The number of amides is 1. The SMILES string of the molecule is Cl.O=C1CNCC(C(=O)O)N1. The zero-order chi connectivity index (χ0) is 7.56. The number of hydrogen-bond donors (Lipinski definition) is 3. The molecule has 1 aliphatic rings. The van der Waals surface area contributed by atoms with Crippen molar-refractivity contribution in [3.63, 3.8) is 0 Å². The molecule has 1 saturated heterocycles. The van der Waals surface area contributed by atoms with Gasteiger partial charge in [-0.15, -0.1) is 12.4 Å². The molecule has 0 aromatic carbocycles. The summed E-state index contributed by atoms with van der Waals surface area (Å²) in [4.78, 5) is 20.8. The fraction of sp³-hybridized carbons (Fsp3) is 0.600. The van der Waals surface area contributed by atoms with E-state index in [1.54, 1.807) is 0 Å². The van der Waals surface area contributed by atoms with Gasteiger partial charge in [-0.05, 0) is 0 Å². The maximum atomic E-state index is 10.5. The molecule has 1 aliphatic heterocycles. The first-order valence-electron chi connectivity index (χ1n) is 2.93. The molecule has 11 heavy (non-hydrogen) atoms. The van der Waals surface area contributed by atoms with Crippen molar-refractivity contribution >= 4 is 24.3 Å². The molecule has 6 heteroatoms. The number of aliphatic carboxylic acids is 1. The van der Waals surface area contributed by atoms with Gasteiger partial charge in [0.1, 0.15) is 6.04 Å². The Morgan fingerprint density at radius 1 is 1.64 bits per heavy atom. The van der Waals surface area contributed by atoms with Gasteiger partial charge in [0.05, 0.1) is 6.54 Å². The van der Waals surface area contributed by atoms with Gasteiger partial charge in [0.25, 0.3) is 0 Å². The minimum absolute atomic E-state index is 0. The summed E-state index contributed by atoms with van der Waals surface area (Å²) in [6.07, 6.45) is 0. The van der Waals surface area contributed by atoms with E-state index in [0.29, 0.717) is 6.54 Å². The molecule has 0 bridgehead atoms. The molecule has 0 saturated carbocycles. The zero-order valence-electron chi connectivity index (χ0n) is 5.66. The van der Waals surface area contributed by atoms with E-state index in [2.05, 4.69) is 10.6 Å². The third-order valence-corrected chi connectivity index (χ3v) is 1.27. The highest BCUT2D eigenvalue weighted by Crippen LogP contribution is 1.86. The van der Waals surface area contributed by atoms with Crippen LogP contribution in [0.3, 0.4) is 0 Å². The highest BCUT2D eigenvalue weighted by molar-refractivity contribution is 5.86. The van der Waals surface area contributed by atoms with E-state index in [0.717, 1.165) is 0 Å². The lowest BCUT2D eigenvalue weighted by Crippen LogP contribution is -2.55. The Morgan fingerprint density at radius 2 is 2.27 bits per heavy atom. The van der Waals surface area contributed by atoms with Gasteiger partial charge in [-0.2, -0.15) is 0 Å². The van der Waals surface area contributed by atoms with Crippen LogP contribution < -0.4 is 10.6 Å². The van der Waals surface area contributed by atoms with Crippen LogP contribution in [0.5, 0.6) is 0 Å². The lowest BCUT2D eigenvalue weighted by molar-refractivity contribution is -0.142. The maximum Gasteiger partial charge on any atom is 0.327 e.